The molecular formula is C24H28N6O. The normalized spacial score (nSPS) is 14.4. The van der Waals surface area contributed by atoms with Crippen LogP contribution in [0.2, 0.25) is 0 Å². The van der Waals surface area contributed by atoms with Gasteiger partial charge in [-0.1, -0.05) is 24.3 Å². The van der Waals surface area contributed by atoms with E-state index in [-0.39, 0.29) is 6.03 Å². The van der Waals surface area contributed by atoms with Crippen LogP contribution in [0.1, 0.15) is 11.1 Å². The number of nitrogens with one attached hydrogen (secondary N) is 2. The van der Waals surface area contributed by atoms with Gasteiger partial charge < -0.3 is 20.4 Å². The summed E-state index contributed by atoms with van der Waals surface area (Å²) in [6.07, 6.45) is 0. The number of hydrogen-bond acceptors (Lipinski definition) is 5. The van der Waals surface area contributed by atoms with Gasteiger partial charge in [0.05, 0.1) is 5.69 Å². The maximum Gasteiger partial charge on any atom is 0.323 e. The van der Waals surface area contributed by atoms with Crippen molar-refractivity contribution in [1.82, 2.24) is 15.1 Å². The van der Waals surface area contributed by atoms with Gasteiger partial charge in [0.25, 0.3) is 0 Å². The lowest BCUT2D eigenvalue weighted by Crippen LogP contribution is -2.44. The number of amides is 2. The molecule has 2 aromatic carbocycles. The summed E-state index contributed by atoms with van der Waals surface area (Å²) in [5.41, 5.74) is 5.30. The SMILES string of the molecule is Cc1ccc(C)c(NC(=O)Nc2cccc(-c3ccc(N4CCN(C)CC4)nn3)c2)c1. The molecule has 0 spiro atoms. The highest BCUT2D eigenvalue weighted by molar-refractivity contribution is 6.00. The van der Waals surface area contributed by atoms with Gasteiger partial charge in [0, 0.05) is 43.1 Å². The first kappa shape index (κ1) is 20.8. The number of rotatable bonds is 4. The van der Waals surface area contributed by atoms with Crippen molar-refractivity contribution in [3.05, 3.63) is 65.7 Å². The number of carbonyl (C=O) groups is 1. The predicted octanol–water partition coefficient (Wildman–Crippen LogP) is 4.16. The maximum absolute atomic E-state index is 12.5. The fraction of sp³-hybridized carbons (Fsp3) is 0.292. The summed E-state index contributed by atoms with van der Waals surface area (Å²) in [6, 6.07) is 17.3. The first-order valence-corrected chi connectivity index (χ1v) is 10.5. The van der Waals surface area contributed by atoms with Gasteiger partial charge in [-0.25, -0.2) is 4.79 Å². The Bertz CT molecular complexity index is 1060. The molecule has 1 aliphatic heterocycles. The summed E-state index contributed by atoms with van der Waals surface area (Å²) < 4.78 is 0. The molecule has 2 N–H and O–H groups in total. The first-order valence-electron chi connectivity index (χ1n) is 10.5. The van der Waals surface area contributed by atoms with Gasteiger partial charge in [-0.2, -0.15) is 0 Å². The van der Waals surface area contributed by atoms with E-state index in [0.717, 1.165) is 60.1 Å². The zero-order chi connectivity index (χ0) is 21.8. The summed E-state index contributed by atoms with van der Waals surface area (Å²) in [4.78, 5) is 17.0. The Balaban J connectivity index is 1.43. The van der Waals surface area contributed by atoms with Gasteiger partial charge in [-0.15, -0.1) is 10.2 Å². The van der Waals surface area contributed by atoms with Gasteiger partial charge in [0.15, 0.2) is 5.82 Å². The van der Waals surface area contributed by atoms with Gasteiger partial charge in [0.2, 0.25) is 0 Å². The fourth-order valence-corrected chi connectivity index (χ4v) is 3.59. The minimum absolute atomic E-state index is 0.276. The number of hydrogen-bond donors (Lipinski definition) is 2. The van der Waals surface area contributed by atoms with E-state index in [1.165, 1.54) is 0 Å². The molecule has 2 heterocycles. The zero-order valence-electron chi connectivity index (χ0n) is 18.2. The van der Waals surface area contributed by atoms with E-state index in [1.54, 1.807) is 0 Å². The van der Waals surface area contributed by atoms with Crippen molar-refractivity contribution in [2.75, 3.05) is 48.8 Å². The van der Waals surface area contributed by atoms with Gasteiger partial charge in [-0.3, -0.25) is 0 Å². The fourth-order valence-electron chi connectivity index (χ4n) is 3.59. The molecule has 1 aliphatic rings. The summed E-state index contributed by atoms with van der Waals surface area (Å²) in [5.74, 6) is 0.902. The maximum atomic E-state index is 12.5. The van der Waals surface area contributed by atoms with Crippen LogP contribution < -0.4 is 15.5 Å². The van der Waals surface area contributed by atoms with Crippen LogP contribution in [0.5, 0.6) is 0 Å². The number of urea groups is 1. The number of aromatic nitrogens is 2. The number of nitrogens with zero attached hydrogens (tertiary/aromatic N) is 4. The first-order chi connectivity index (χ1) is 15.0. The molecule has 3 aromatic rings. The number of anilines is 3. The van der Waals surface area contributed by atoms with E-state index >= 15 is 0 Å². The Kier molecular flexibility index (Phi) is 6.13. The highest BCUT2D eigenvalue weighted by Gasteiger charge is 2.16. The highest BCUT2D eigenvalue weighted by Crippen LogP contribution is 2.23. The van der Waals surface area contributed by atoms with E-state index in [1.807, 2.05) is 68.4 Å². The summed E-state index contributed by atoms with van der Waals surface area (Å²) in [5, 5.41) is 14.7. The average molecular weight is 417 g/mol. The van der Waals surface area contributed by atoms with Crippen LogP contribution >= 0.6 is 0 Å². The van der Waals surface area contributed by atoms with E-state index in [2.05, 4.69) is 37.7 Å². The molecule has 160 valence electrons. The Hall–Kier alpha value is -3.45. The summed E-state index contributed by atoms with van der Waals surface area (Å²) in [7, 11) is 2.13. The lowest BCUT2D eigenvalue weighted by molar-refractivity contribution is 0.262. The van der Waals surface area contributed by atoms with Crippen LogP contribution in [0.3, 0.4) is 0 Å². The summed E-state index contributed by atoms with van der Waals surface area (Å²) >= 11 is 0. The van der Waals surface area contributed by atoms with Crippen LogP contribution in [0, 0.1) is 13.8 Å². The van der Waals surface area contributed by atoms with E-state index < -0.39 is 0 Å². The third-order valence-corrected chi connectivity index (χ3v) is 5.54. The molecule has 0 radical (unpaired) electrons. The molecule has 1 fully saturated rings. The molecule has 0 bridgehead atoms. The average Bonchev–Trinajstić information content (AvgIpc) is 2.77. The van der Waals surface area contributed by atoms with E-state index in [4.69, 9.17) is 0 Å². The molecule has 1 saturated heterocycles. The molecule has 0 aliphatic carbocycles. The molecule has 0 atom stereocenters. The minimum atomic E-state index is -0.276. The van der Waals surface area contributed by atoms with Crippen LogP contribution in [-0.4, -0.2) is 54.4 Å². The van der Waals surface area contributed by atoms with Crippen molar-refractivity contribution < 1.29 is 4.79 Å². The molecule has 31 heavy (non-hydrogen) atoms. The molecular weight excluding hydrogens is 388 g/mol. The Morgan fingerprint density at radius 1 is 0.903 bits per heavy atom. The Morgan fingerprint density at radius 2 is 1.71 bits per heavy atom. The van der Waals surface area contributed by atoms with E-state index in [0.29, 0.717) is 5.69 Å². The van der Waals surface area contributed by atoms with Crippen molar-refractivity contribution >= 4 is 23.2 Å². The smallest absolute Gasteiger partial charge is 0.323 e. The second-order valence-corrected chi connectivity index (χ2v) is 8.05. The third kappa shape index (κ3) is 5.19. The van der Waals surface area contributed by atoms with Crippen molar-refractivity contribution in [1.29, 1.82) is 0 Å². The second-order valence-electron chi connectivity index (χ2n) is 8.05. The molecule has 7 heteroatoms. The zero-order valence-corrected chi connectivity index (χ0v) is 18.2. The van der Waals surface area contributed by atoms with Crippen molar-refractivity contribution in [3.8, 4) is 11.3 Å². The van der Waals surface area contributed by atoms with Crippen molar-refractivity contribution in [2.45, 2.75) is 13.8 Å². The second kappa shape index (κ2) is 9.14. The standard InChI is InChI=1S/C24H28N6O/c1-17-7-8-18(2)22(15-17)26-24(31)25-20-6-4-5-19(16-20)21-9-10-23(28-27-21)30-13-11-29(3)12-14-30/h4-10,15-16H,11-14H2,1-3H3,(H2,25,26,31). The Labute approximate surface area is 183 Å². The predicted molar refractivity (Wildman–Crippen MR) is 126 cm³/mol. The lowest BCUT2D eigenvalue weighted by Gasteiger charge is -2.32. The third-order valence-electron chi connectivity index (χ3n) is 5.54. The largest absolute Gasteiger partial charge is 0.353 e. The molecule has 0 unspecified atom stereocenters. The van der Waals surface area contributed by atoms with Crippen LogP contribution in [0.15, 0.2) is 54.6 Å². The topological polar surface area (TPSA) is 73.4 Å². The molecule has 7 nitrogen and oxygen atoms in total. The molecule has 0 saturated carbocycles. The summed E-state index contributed by atoms with van der Waals surface area (Å²) in [6.45, 7) is 7.95. The number of benzene rings is 2. The van der Waals surface area contributed by atoms with Crippen LogP contribution in [0.4, 0.5) is 22.0 Å². The van der Waals surface area contributed by atoms with Gasteiger partial charge in [-0.05, 0) is 62.4 Å². The van der Waals surface area contributed by atoms with Crippen molar-refractivity contribution in [2.24, 2.45) is 0 Å². The quantitative estimate of drug-likeness (QED) is 0.668. The monoisotopic (exact) mass is 416 g/mol. The highest BCUT2D eigenvalue weighted by atomic mass is 16.2. The van der Waals surface area contributed by atoms with Crippen LogP contribution in [0.25, 0.3) is 11.3 Å². The van der Waals surface area contributed by atoms with Crippen molar-refractivity contribution in [3.63, 3.8) is 0 Å². The number of aryl methyl sites for hydroxylation is 2. The minimum Gasteiger partial charge on any atom is -0.353 e. The number of carbonyl (C=O) groups excluding carboxylic acids is 1. The molecule has 1 aromatic heterocycles. The Morgan fingerprint density at radius 3 is 2.45 bits per heavy atom. The number of piperazine rings is 1. The van der Waals surface area contributed by atoms with Gasteiger partial charge >= 0.3 is 6.03 Å². The molecule has 2 amide bonds. The van der Waals surface area contributed by atoms with Crippen LogP contribution in [-0.2, 0) is 0 Å². The van der Waals surface area contributed by atoms with Gasteiger partial charge in [0.1, 0.15) is 0 Å². The number of likely N-dealkylation sites (N-methyl/N-ethyl adjacent to an activating group) is 1. The molecule has 4 rings (SSSR count). The van der Waals surface area contributed by atoms with E-state index in [9.17, 15) is 4.79 Å². The lowest BCUT2D eigenvalue weighted by atomic mass is 10.1.